The van der Waals surface area contributed by atoms with E-state index in [-0.39, 0.29) is 11.8 Å². The topological polar surface area (TPSA) is 70.9 Å². The zero-order valence-corrected chi connectivity index (χ0v) is 12.1. The van der Waals surface area contributed by atoms with E-state index < -0.39 is 6.04 Å². The van der Waals surface area contributed by atoms with Crippen LogP contribution in [0.2, 0.25) is 0 Å². The van der Waals surface area contributed by atoms with Crippen LogP contribution in [-0.4, -0.2) is 11.8 Å². The lowest BCUT2D eigenvalue weighted by atomic mass is 10.0. The van der Waals surface area contributed by atoms with E-state index >= 15 is 0 Å². The van der Waals surface area contributed by atoms with Crippen LogP contribution < -0.4 is 16.0 Å². The third kappa shape index (κ3) is 2.65. The lowest BCUT2D eigenvalue weighted by Gasteiger charge is -2.16. The molecular weight excluding hydrogens is 278 g/mol. The Bertz CT molecular complexity index is 858. The molecule has 1 unspecified atom stereocenters. The minimum atomic E-state index is -0.719. The summed E-state index contributed by atoms with van der Waals surface area (Å²) >= 11 is 0. The molecule has 0 aromatic heterocycles. The highest BCUT2D eigenvalue weighted by molar-refractivity contribution is 5.93. The molecule has 0 saturated heterocycles. The average Bonchev–Trinajstić information content (AvgIpc) is 2.55. The number of carbonyl (C=O) groups excluding carboxylic acids is 2. The van der Waals surface area contributed by atoms with Crippen LogP contribution in [0.1, 0.15) is 24.9 Å². The van der Waals surface area contributed by atoms with Gasteiger partial charge in [0.15, 0.2) is 6.04 Å². The fourth-order valence-electron chi connectivity index (χ4n) is 2.33. The van der Waals surface area contributed by atoms with Crippen molar-refractivity contribution in [1.29, 1.82) is 0 Å². The summed E-state index contributed by atoms with van der Waals surface area (Å²) in [5.74, 6) is -0.426. The van der Waals surface area contributed by atoms with E-state index in [2.05, 4.69) is 15.3 Å². The van der Waals surface area contributed by atoms with Crippen molar-refractivity contribution >= 4 is 17.5 Å². The van der Waals surface area contributed by atoms with Crippen molar-refractivity contribution in [2.75, 3.05) is 5.32 Å². The van der Waals surface area contributed by atoms with Crippen LogP contribution >= 0.6 is 0 Å². The smallest absolute Gasteiger partial charge is 0.275 e. The van der Waals surface area contributed by atoms with E-state index in [9.17, 15) is 9.59 Å². The Morgan fingerprint density at radius 2 is 1.77 bits per heavy atom. The molecule has 2 aromatic carbocycles. The molecule has 5 nitrogen and oxygen atoms in total. The molecule has 110 valence electrons. The monoisotopic (exact) mass is 293 g/mol. The number of nitrogens with one attached hydrogen (secondary N) is 1. The van der Waals surface area contributed by atoms with Crippen molar-refractivity contribution in [2.45, 2.75) is 19.4 Å². The van der Waals surface area contributed by atoms with Crippen LogP contribution in [0.3, 0.4) is 0 Å². The molecule has 5 heteroatoms. The molecule has 1 heterocycles. The zero-order chi connectivity index (χ0) is 15.5. The normalized spacial score (nSPS) is 16.2. The maximum Gasteiger partial charge on any atom is 0.275 e. The number of amides is 2. The molecule has 2 aromatic rings. The molecule has 0 saturated carbocycles. The molecular formula is C17H15N3O2. The van der Waals surface area contributed by atoms with Crippen LogP contribution in [0.25, 0.3) is 0 Å². The SMILES string of the molecule is CCC(=O)Nc1ccccc1C1N=c2ccccc2=NC1=O. The first-order chi connectivity index (χ1) is 10.7. The molecule has 0 bridgehead atoms. The predicted molar refractivity (Wildman–Crippen MR) is 81.9 cm³/mol. The molecule has 2 amide bonds. The van der Waals surface area contributed by atoms with Gasteiger partial charge in [0.05, 0.1) is 10.7 Å². The van der Waals surface area contributed by atoms with Crippen molar-refractivity contribution in [3.05, 3.63) is 64.8 Å². The molecule has 1 atom stereocenters. The van der Waals surface area contributed by atoms with Gasteiger partial charge in [-0.15, -0.1) is 0 Å². The molecule has 0 radical (unpaired) electrons. The van der Waals surface area contributed by atoms with Gasteiger partial charge in [0, 0.05) is 17.7 Å². The van der Waals surface area contributed by atoms with Gasteiger partial charge >= 0.3 is 0 Å². The summed E-state index contributed by atoms with van der Waals surface area (Å²) in [4.78, 5) is 32.5. The summed E-state index contributed by atoms with van der Waals surface area (Å²) in [6.45, 7) is 1.78. The van der Waals surface area contributed by atoms with Gasteiger partial charge in [-0.2, -0.15) is 0 Å². The quantitative estimate of drug-likeness (QED) is 0.932. The van der Waals surface area contributed by atoms with Crippen molar-refractivity contribution in [1.82, 2.24) is 0 Å². The van der Waals surface area contributed by atoms with Crippen LogP contribution in [0.4, 0.5) is 5.69 Å². The van der Waals surface area contributed by atoms with E-state index in [1.54, 1.807) is 25.1 Å². The number of carbonyl (C=O) groups is 2. The molecule has 1 aliphatic rings. The number of hydrogen-bond acceptors (Lipinski definition) is 3. The van der Waals surface area contributed by atoms with Crippen LogP contribution in [0.15, 0.2) is 58.5 Å². The summed E-state index contributed by atoms with van der Waals surface area (Å²) in [6.07, 6.45) is 0.372. The summed E-state index contributed by atoms with van der Waals surface area (Å²) in [6, 6.07) is 13.7. The predicted octanol–water partition coefficient (Wildman–Crippen LogP) is 1.56. The maximum atomic E-state index is 12.3. The number of anilines is 1. The van der Waals surface area contributed by atoms with Gasteiger partial charge in [-0.1, -0.05) is 37.3 Å². The lowest BCUT2D eigenvalue weighted by molar-refractivity contribution is -0.119. The zero-order valence-electron chi connectivity index (χ0n) is 12.1. The number of nitrogens with zero attached hydrogens (tertiary/aromatic N) is 2. The van der Waals surface area contributed by atoms with E-state index in [0.717, 1.165) is 0 Å². The molecule has 0 spiro atoms. The third-order valence-corrected chi connectivity index (χ3v) is 3.47. The number of hydrogen-bond donors (Lipinski definition) is 1. The molecule has 1 aliphatic heterocycles. The van der Waals surface area contributed by atoms with E-state index in [4.69, 9.17) is 0 Å². The molecule has 0 aliphatic carbocycles. The minimum Gasteiger partial charge on any atom is -0.326 e. The van der Waals surface area contributed by atoms with Gasteiger partial charge in [-0.05, 0) is 18.2 Å². The molecule has 1 N–H and O–H groups in total. The Morgan fingerprint density at radius 3 is 2.55 bits per heavy atom. The van der Waals surface area contributed by atoms with Gasteiger partial charge in [0.1, 0.15) is 0 Å². The second kappa shape index (κ2) is 5.89. The minimum absolute atomic E-state index is 0.104. The van der Waals surface area contributed by atoms with Crippen molar-refractivity contribution in [3.8, 4) is 0 Å². The molecule has 22 heavy (non-hydrogen) atoms. The van der Waals surface area contributed by atoms with Crippen molar-refractivity contribution < 1.29 is 9.59 Å². The van der Waals surface area contributed by atoms with E-state index in [0.29, 0.717) is 28.4 Å². The summed E-state index contributed by atoms with van der Waals surface area (Å²) in [5, 5.41) is 4.08. The number of fused-ring (bicyclic) bond motifs is 1. The second-order valence-electron chi connectivity index (χ2n) is 4.96. The largest absolute Gasteiger partial charge is 0.326 e. The van der Waals surface area contributed by atoms with Crippen molar-refractivity contribution in [2.24, 2.45) is 9.98 Å². The Hall–Kier alpha value is -2.82. The van der Waals surface area contributed by atoms with Gasteiger partial charge < -0.3 is 5.32 Å². The van der Waals surface area contributed by atoms with Gasteiger partial charge in [0.25, 0.3) is 5.91 Å². The Kier molecular flexibility index (Phi) is 3.78. The first-order valence-corrected chi connectivity index (χ1v) is 7.13. The molecule has 3 rings (SSSR count). The Balaban J connectivity index is 2.07. The highest BCUT2D eigenvalue weighted by Gasteiger charge is 2.24. The summed E-state index contributed by atoms with van der Waals surface area (Å²) < 4.78 is 0. The standard InChI is InChI=1S/C17H15N3O2/c1-2-15(21)18-12-8-4-3-7-11(12)16-17(22)20-14-10-6-5-9-13(14)19-16/h3-10,16H,2H2,1H3,(H,18,21). The summed E-state index contributed by atoms with van der Waals surface area (Å²) in [7, 11) is 0. The first kappa shape index (κ1) is 14.1. The first-order valence-electron chi connectivity index (χ1n) is 7.13. The fourth-order valence-corrected chi connectivity index (χ4v) is 2.33. The van der Waals surface area contributed by atoms with Crippen LogP contribution in [0, 0.1) is 0 Å². The van der Waals surface area contributed by atoms with Gasteiger partial charge in [-0.3, -0.25) is 14.6 Å². The van der Waals surface area contributed by atoms with Crippen molar-refractivity contribution in [3.63, 3.8) is 0 Å². The fraction of sp³-hybridized carbons (Fsp3) is 0.176. The molecule has 0 fully saturated rings. The Labute approximate surface area is 127 Å². The van der Waals surface area contributed by atoms with Crippen LogP contribution in [-0.2, 0) is 9.59 Å². The number of rotatable bonds is 3. The van der Waals surface area contributed by atoms with E-state index in [1.165, 1.54) is 0 Å². The maximum absolute atomic E-state index is 12.3. The third-order valence-electron chi connectivity index (χ3n) is 3.47. The number of para-hydroxylation sites is 3. The van der Waals surface area contributed by atoms with Gasteiger partial charge in [0.2, 0.25) is 5.91 Å². The van der Waals surface area contributed by atoms with Crippen LogP contribution in [0.5, 0.6) is 0 Å². The average molecular weight is 293 g/mol. The summed E-state index contributed by atoms with van der Waals surface area (Å²) in [5.41, 5.74) is 1.26. The Morgan fingerprint density at radius 1 is 1.09 bits per heavy atom. The van der Waals surface area contributed by atoms with E-state index in [1.807, 2.05) is 30.3 Å². The van der Waals surface area contributed by atoms with Gasteiger partial charge in [-0.25, -0.2) is 4.99 Å². The highest BCUT2D eigenvalue weighted by atomic mass is 16.2. The number of benzene rings is 2. The second-order valence-corrected chi connectivity index (χ2v) is 4.96. The highest BCUT2D eigenvalue weighted by Crippen LogP contribution is 2.27. The lowest BCUT2D eigenvalue weighted by Crippen LogP contribution is -2.33.